The number of benzene rings is 1. The molecular formula is C16H14ClN5O5S. The first kappa shape index (κ1) is 19.6. The SMILES string of the molecule is COc1cc(NC(=O)COC(=O)c2csc(-c3ncn[nH]3)n2)c(OC)cc1Cl. The zero-order chi connectivity index (χ0) is 20.1. The summed E-state index contributed by atoms with van der Waals surface area (Å²) in [5, 5.41) is 11.3. The summed E-state index contributed by atoms with van der Waals surface area (Å²) in [6.45, 7) is -0.512. The molecule has 2 heterocycles. The molecule has 2 N–H and O–H groups in total. The van der Waals surface area contributed by atoms with E-state index in [0.29, 0.717) is 33.0 Å². The average Bonchev–Trinajstić information content (AvgIpc) is 3.38. The molecule has 3 rings (SSSR count). The molecule has 0 atom stereocenters. The number of aromatic nitrogens is 4. The van der Waals surface area contributed by atoms with Crippen LogP contribution in [0.3, 0.4) is 0 Å². The maximum absolute atomic E-state index is 12.1. The van der Waals surface area contributed by atoms with Gasteiger partial charge in [0.15, 0.2) is 23.1 Å². The molecule has 1 amide bonds. The topological polar surface area (TPSA) is 128 Å². The van der Waals surface area contributed by atoms with E-state index in [2.05, 4.69) is 25.5 Å². The van der Waals surface area contributed by atoms with Gasteiger partial charge in [0.1, 0.15) is 17.8 Å². The zero-order valence-corrected chi connectivity index (χ0v) is 16.3. The molecule has 1 aromatic carbocycles. The number of nitrogens with one attached hydrogen (secondary N) is 2. The smallest absolute Gasteiger partial charge is 0.358 e. The lowest BCUT2D eigenvalue weighted by molar-refractivity contribution is -0.119. The summed E-state index contributed by atoms with van der Waals surface area (Å²) in [5.41, 5.74) is 0.390. The van der Waals surface area contributed by atoms with Gasteiger partial charge < -0.3 is 19.5 Å². The lowest BCUT2D eigenvalue weighted by Gasteiger charge is -2.13. The first-order chi connectivity index (χ1) is 13.5. The summed E-state index contributed by atoms with van der Waals surface area (Å²) < 4.78 is 15.3. The molecule has 0 aliphatic carbocycles. The second-order valence-corrected chi connectivity index (χ2v) is 6.45. The molecule has 0 unspecified atom stereocenters. The standard InChI is InChI=1S/C16H14ClN5O5S/c1-25-11-4-9(12(26-2)3-8(11)17)20-13(23)5-27-16(24)10-6-28-15(21-10)14-18-7-19-22-14/h3-4,6-7H,5H2,1-2H3,(H,20,23)(H,18,19,22). The molecule has 0 saturated heterocycles. The Kier molecular flexibility index (Phi) is 6.06. The summed E-state index contributed by atoms with van der Waals surface area (Å²) in [5.74, 6) is -0.177. The Labute approximate surface area is 167 Å². The minimum Gasteiger partial charge on any atom is -0.495 e. The molecule has 0 aliphatic heterocycles. The number of esters is 1. The van der Waals surface area contributed by atoms with Crippen molar-refractivity contribution in [1.82, 2.24) is 20.2 Å². The van der Waals surface area contributed by atoms with E-state index in [0.717, 1.165) is 0 Å². The molecule has 12 heteroatoms. The summed E-state index contributed by atoms with van der Waals surface area (Å²) in [6.07, 6.45) is 1.33. The van der Waals surface area contributed by atoms with Crippen molar-refractivity contribution >= 4 is 40.5 Å². The van der Waals surface area contributed by atoms with Crippen LogP contribution >= 0.6 is 22.9 Å². The predicted octanol–water partition coefficient (Wildman–Crippen LogP) is 2.39. The number of halogens is 1. The van der Waals surface area contributed by atoms with Crippen LogP contribution in [-0.4, -0.2) is 52.9 Å². The van der Waals surface area contributed by atoms with E-state index in [1.54, 1.807) is 0 Å². The number of thiazole rings is 1. The maximum Gasteiger partial charge on any atom is 0.358 e. The summed E-state index contributed by atoms with van der Waals surface area (Å²) in [7, 11) is 2.88. The Hall–Kier alpha value is -3.18. The minimum absolute atomic E-state index is 0.0648. The number of methoxy groups -OCH3 is 2. The average molecular weight is 424 g/mol. The number of amides is 1. The summed E-state index contributed by atoms with van der Waals surface area (Å²) >= 11 is 7.22. The summed E-state index contributed by atoms with van der Waals surface area (Å²) in [4.78, 5) is 32.3. The second kappa shape index (κ2) is 8.67. The van der Waals surface area contributed by atoms with Crippen LogP contribution in [-0.2, 0) is 9.53 Å². The first-order valence-electron chi connectivity index (χ1n) is 7.71. The molecule has 0 spiro atoms. The fourth-order valence-corrected chi connectivity index (χ4v) is 3.10. The molecule has 3 aromatic rings. The van der Waals surface area contributed by atoms with Crippen LogP contribution in [0.1, 0.15) is 10.5 Å². The van der Waals surface area contributed by atoms with Gasteiger partial charge in [0.2, 0.25) is 0 Å². The fourth-order valence-electron chi connectivity index (χ4n) is 2.13. The molecule has 0 bridgehead atoms. The number of anilines is 1. The highest BCUT2D eigenvalue weighted by atomic mass is 35.5. The van der Waals surface area contributed by atoms with E-state index in [1.807, 2.05) is 0 Å². The first-order valence-corrected chi connectivity index (χ1v) is 8.97. The van der Waals surface area contributed by atoms with Crippen LogP contribution in [0.25, 0.3) is 10.8 Å². The van der Waals surface area contributed by atoms with Gasteiger partial charge in [-0.3, -0.25) is 9.89 Å². The van der Waals surface area contributed by atoms with Gasteiger partial charge >= 0.3 is 5.97 Å². The van der Waals surface area contributed by atoms with Crippen LogP contribution in [0.5, 0.6) is 11.5 Å². The Morgan fingerprint density at radius 1 is 1.25 bits per heavy atom. The number of aromatic amines is 1. The molecule has 0 saturated carbocycles. The molecule has 2 aromatic heterocycles. The van der Waals surface area contributed by atoms with Crippen molar-refractivity contribution in [3.63, 3.8) is 0 Å². The number of carbonyl (C=O) groups is 2. The van der Waals surface area contributed by atoms with Gasteiger partial charge in [0.05, 0.1) is 24.9 Å². The normalized spacial score (nSPS) is 10.4. The number of carbonyl (C=O) groups excluding carboxylic acids is 2. The monoisotopic (exact) mass is 423 g/mol. The van der Waals surface area contributed by atoms with Crippen molar-refractivity contribution in [2.45, 2.75) is 0 Å². The Morgan fingerprint density at radius 2 is 2.04 bits per heavy atom. The van der Waals surface area contributed by atoms with Gasteiger partial charge in [-0.2, -0.15) is 5.10 Å². The van der Waals surface area contributed by atoms with Gasteiger partial charge in [0, 0.05) is 17.5 Å². The number of H-pyrrole nitrogens is 1. The van der Waals surface area contributed by atoms with E-state index in [-0.39, 0.29) is 5.69 Å². The highest BCUT2D eigenvalue weighted by Gasteiger charge is 2.17. The third-order valence-corrected chi connectivity index (χ3v) is 4.56. The van der Waals surface area contributed by atoms with Crippen molar-refractivity contribution in [1.29, 1.82) is 0 Å². The van der Waals surface area contributed by atoms with Crippen molar-refractivity contribution in [3.8, 4) is 22.3 Å². The van der Waals surface area contributed by atoms with E-state index < -0.39 is 18.5 Å². The predicted molar refractivity (Wildman–Crippen MR) is 101 cm³/mol. The number of rotatable bonds is 7. The van der Waals surface area contributed by atoms with Gasteiger partial charge in [-0.15, -0.1) is 11.3 Å². The number of ether oxygens (including phenoxy) is 3. The maximum atomic E-state index is 12.1. The third kappa shape index (κ3) is 4.38. The second-order valence-electron chi connectivity index (χ2n) is 5.18. The van der Waals surface area contributed by atoms with Crippen molar-refractivity contribution < 1.29 is 23.8 Å². The minimum atomic E-state index is -0.738. The highest BCUT2D eigenvalue weighted by Crippen LogP contribution is 2.35. The Morgan fingerprint density at radius 3 is 2.71 bits per heavy atom. The van der Waals surface area contributed by atoms with Crippen molar-refractivity contribution in [3.05, 3.63) is 34.6 Å². The highest BCUT2D eigenvalue weighted by molar-refractivity contribution is 7.13. The van der Waals surface area contributed by atoms with Crippen LogP contribution < -0.4 is 14.8 Å². The van der Waals surface area contributed by atoms with Crippen molar-refractivity contribution in [2.24, 2.45) is 0 Å². The van der Waals surface area contributed by atoms with Crippen molar-refractivity contribution in [2.75, 3.05) is 26.1 Å². The third-order valence-electron chi connectivity index (χ3n) is 3.41. The van der Waals surface area contributed by atoms with Crippen LogP contribution in [0, 0.1) is 0 Å². The van der Waals surface area contributed by atoms with Crippen LogP contribution in [0.2, 0.25) is 5.02 Å². The zero-order valence-electron chi connectivity index (χ0n) is 14.7. The molecular weight excluding hydrogens is 410 g/mol. The molecule has 0 radical (unpaired) electrons. The quantitative estimate of drug-likeness (QED) is 0.554. The van der Waals surface area contributed by atoms with Gasteiger partial charge in [-0.1, -0.05) is 11.6 Å². The van der Waals surface area contributed by atoms with Gasteiger partial charge in [0.25, 0.3) is 5.91 Å². The van der Waals surface area contributed by atoms with E-state index >= 15 is 0 Å². The molecule has 146 valence electrons. The fraction of sp³-hybridized carbons (Fsp3) is 0.188. The van der Waals surface area contributed by atoms with Gasteiger partial charge in [-0.05, 0) is 0 Å². The number of hydrogen-bond donors (Lipinski definition) is 2. The summed E-state index contributed by atoms with van der Waals surface area (Å²) in [6, 6.07) is 3.01. The number of nitrogens with zero attached hydrogens (tertiary/aromatic N) is 3. The Bertz CT molecular complexity index is 991. The van der Waals surface area contributed by atoms with Crippen LogP contribution in [0.15, 0.2) is 23.8 Å². The lowest BCUT2D eigenvalue weighted by atomic mass is 10.2. The number of hydrogen-bond acceptors (Lipinski definition) is 9. The van der Waals surface area contributed by atoms with Crippen LogP contribution in [0.4, 0.5) is 5.69 Å². The molecule has 10 nitrogen and oxygen atoms in total. The van der Waals surface area contributed by atoms with E-state index in [9.17, 15) is 9.59 Å². The Balaban J connectivity index is 1.61. The largest absolute Gasteiger partial charge is 0.495 e. The molecule has 0 aliphatic rings. The van der Waals surface area contributed by atoms with E-state index in [4.69, 9.17) is 25.8 Å². The van der Waals surface area contributed by atoms with Gasteiger partial charge in [-0.25, -0.2) is 14.8 Å². The molecule has 0 fully saturated rings. The molecule has 28 heavy (non-hydrogen) atoms. The lowest BCUT2D eigenvalue weighted by Crippen LogP contribution is -2.21. The van der Waals surface area contributed by atoms with E-state index in [1.165, 1.54) is 49.4 Å².